The van der Waals surface area contributed by atoms with Gasteiger partial charge in [0.2, 0.25) is 5.65 Å². The van der Waals surface area contributed by atoms with Crippen molar-refractivity contribution in [3.05, 3.63) is 54.3 Å². The number of benzene rings is 2. The lowest BCUT2D eigenvalue weighted by atomic mass is 10.1. The number of aromatic nitrogens is 5. The van der Waals surface area contributed by atoms with Crippen LogP contribution < -0.4 is 9.80 Å². The number of nitrogens with zero attached hydrogens (tertiary/aromatic N) is 7. The van der Waals surface area contributed by atoms with Crippen molar-refractivity contribution < 1.29 is 4.39 Å². The van der Waals surface area contributed by atoms with Crippen molar-refractivity contribution in [3.63, 3.8) is 0 Å². The van der Waals surface area contributed by atoms with Crippen LogP contribution in [0.2, 0.25) is 0 Å². The molecule has 1 aliphatic heterocycles. The van der Waals surface area contributed by atoms with Gasteiger partial charge >= 0.3 is 0 Å². The van der Waals surface area contributed by atoms with Gasteiger partial charge in [0.15, 0.2) is 5.82 Å². The Bertz CT molecular complexity index is 1070. The number of halogens is 1. The lowest BCUT2D eigenvalue weighted by molar-refractivity contribution is 0.622. The summed E-state index contributed by atoms with van der Waals surface area (Å²) >= 11 is 0. The first kappa shape index (κ1) is 15.0. The fourth-order valence-corrected chi connectivity index (χ4v) is 3.49. The molecule has 8 heteroatoms. The molecule has 5 rings (SSSR count). The molecular formula is C18H16FN7. The molecule has 2 aromatic heterocycles. The lowest BCUT2D eigenvalue weighted by Crippen LogP contribution is -2.47. The molecule has 0 radical (unpaired) electrons. The summed E-state index contributed by atoms with van der Waals surface area (Å²) in [6.07, 6.45) is 0. The van der Waals surface area contributed by atoms with Crippen LogP contribution in [0.1, 0.15) is 0 Å². The van der Waals surface area contributed by atoms with E-state index in [2.05, 4.69) is 36.5 Å². The minimum atomic E-state index is -0.210. The number of hydrogen-bond donors (Lipinski definition) is 0. The maximum absolute atomic E-state index is 13.1. The van der Waals surface area contributed by atoms with E-state index in [1.54, 1.807) is 0 Å². The van der Waals surface area contributed by atoms with Crippen LogP contribution in [-0.2, 0) is 0 Å². The van der Waals surface area contributed by atoms with Crippen molar-refractivity contribution in [2.45, 2.75) is 0 Å². The molecule has 130 valence electrons. The molecule has 0 amide bonds. The number of hydrogen-bond acceptors (Lipinski definition) is 6. The molecule has 1 aliphatic rings. The van der Waals surface area contributed by atoms with E-state index in [4.69, 9.17) is 0 Å². The average Bonchev–Trinajstić information content (AvgIpc) is 3.17. The molecule has 4 aromatic rings. The smallest absolute Gasteiger partial charge is 0.207 e. The fraction of sp³-hybridized carbons (Fsp3) is 0.222. The van der Waals surface area contributed by atoms with Crippen LogP contribution in [0, 0.1) is 5.82 Å². The van der Waals surface area contributed by atoms with E-state index in [1.165, 1.54) is 16.8 Å². The van der Waals surface area contributed by atoms with Crippen LogP contribution >= 0.6 is 0 Å². The summed E-state index contributed by atoms with van der Waals surface area (Å²) in [4.78, 5) is 4.51. The zero-order valence-electron chi connectivity index (χ0n) is 14.0. The van der Waals surface area contributed by atoms with Gasteiger partial charge < -0.3 is 9.80 Å². The van der Waals surface area contributed by atoms with Gasteiger partial charge in [-0.3, -0.25) is 0 Å². The van der Waals surface area contributed by atoms with Gasteiger partial charge in [0.25, 0.3) is 0 Å². The van der Waals surface area contributed by atoms with E-state index >= 15 is 0 Å². The highest BCUT2D eigenvalue weighted by atomic mass is 19.1. The topological polar surface area (TPSA) is 62.5 Å². The van der Waals surface area contributed by atoms with Gasteiger partial charge in [0.1, 0.15) is 5.82 Å². The summed E-state index contributed by atoms with van der Waals surface area (Å²) in [6.45, 7) is 3.33. The summed E-state index contributed by atoms with van der Waals surface area (Å²) in [5.41, 5.74) is 1.70. The van der Waals surface area contributed by atoms with Crippen molar-refractivity contribution in [1.29, 1.82) is 0 Å². The lowest BCUT2D eigenvalue weighted by Gasteiger charge is -2.37. The van der Waals surface area contributed by atoms with Crippen molar-refractivity contribution in [1.82, 2.24) is 25.3 Å². The Balaban J connectivity index is 1.46. The van der Waals surface area contributed by atoms with Gasteiger partial charge in [-0.05, 0) is 34.7 Å². The molecule has 1 fully saturated rings. The average molecular weight is 349 g/mol. The summed E-state index contributed by atoms with van der Waals surface area (Å²) in [5, 5.41) is 18.5. The monoisotopic (exact) mass is 349 g/mol. The van der Waals surface area contributed by atoms with Crippen molar-refractivity contribution in [3.8, 4) is 0 Å². The van der Waals surface area contributed by atoms with Gasteiger partial charge in [-0.2, -0.15) is 0 Å². The molecular weight excluding hydrogens is 333 g/mol. The van der Waals surface area contributed by atoms with Gasteiger partial charge in [-0.1, -0.05) is 24.3 Å². The fourth-order valence-electron chi connectivity index (χ4n) is 3.49. The Kier molecular flexibility index (Phi) is 3.41. The normalized spacial score (nSPS) is 15.1. The first-order valence-electron chi connectivity index (χ1n) is 8.52. The first-order valence-corrected chi connectivity index (χ1v) is 8.52. The van der Waals surface area contributed by atoms with Gasteiger partial charge in [-0.25, -0.2) is 4.39 Å². The van der Waals surface area contributed by atoms with Crippen LogP contribution in [0.5, 0.6) is 0 Å². The zero-order chi connectivity index (χ0) is 17.5. The Morgan fingerprint density at radius 2 is 1.50 bits per heavy atom. The molecule has 0 unspecified atom stereocenters. The van der Waals surface area contributed by atoms with E-state index in [1.807, 2.05) is 30.3 Å². The highest BCUT2D eigenvalue weighted by Crippen LogP contribution is 2.28. The highest BCUT2D eigenvalue weighted by Gasteiger charge is 2.22. The minimum Gasteiger partial charge on any atom is -0.368 e. The second-order valence-corrected chi connectivity index (χ2v) is 6.31. The number of piperazine rings is 1. The molecule has 2 aromatic carbocycles. The van der Waals surface area contributed by atoms with Crippen molar-refractivity contribution in [2.75, 3.05) is 36.0 Å². The predicted molar refractivity (Wildman–Crippen MR) is 96.9 cm³/mol. The summed E-state index contributed by atoms with van der Waals surface area (Å²) in [6, 6.07) is 14.7. The molecule has 26 heavy (non-hydrogen) atoms. The Morgan fingerprint density at radius 3 is 2.27 bits per heavy atom. The van der Waals surface area contributed by atoms with Gasteiger partial charge in [-0.15, -0.1) is 14.8 Å². The van der Waals surface area contributed by atoms with Crippen LogP contribution in [-0.4, -0.2) is 51.4 Å². The minimum absolute atomic E-state index is 0.210. The standard InChI is InChI=1S/C18H16FN7/c19-13-5-7-14(8-6-13)24-9-11-25(12-10-24)18-16-4-2-1-3-15(16)17-20-22-23-26(17)21-18/h1-8H,9-12H2. The van der Waals surface area contributed by atoms with Crippen LogP contribution in [0.25, 0.3) is 16.4 Å². The summed E-state index contributed by atoms with van der Waals surface area (Å²) < 4.78 is 14.6. The summed E-state index contributed by atoms with van der Waals surface area (Å²) in [5.74, 6) is 0.678. The van der Waals surface area contributed by atoms with E-state index < -0.39 is 0 Å². The molecule has 0 N–H and O–H groups in total. The third kappa shape index (κ3) is 2.42. The first-order chi connectivity index (χ1) is 12.8. The van der Waals surface area contributed by atoms with Crippen LogP contribution in [0.15, 0.2) is 48.5 Å². The maximum Gasteiger partial charge on any atom is 0.207 e. The molecule has 0 bridgehead atoms. The Morgan fingerprint density at radius 1 is 0.808 bits per heavy atom. The Labute approximate surface area is 148 Å². The summed E-state index contributed by atoms with van der Waals surface area (Å²) in [7, 11) is 0. The number of fused-ring (bicyclic) bond motifs is 3. The number of anilines is 2. The largest absolute Gasteiger partial charge is 0.368 e. The molecule has 3 heterocycles. The van der Waals surface area contributed by atoms with E-state index in [-0.39, 0.29) is 5.82 Å². The second-order valence-electron chi connectivity index (χ2n) is 6.31. The number of tetrazole rings is 1. The molecule has 7 nitrogen and oxygen atoms in total. The van der Waals surface area contributed by atoms with Crippen LogP contribution in [0.4, 0.5) is 15.9 Å². The third-order valence-electron chi connectivity index (χ3n) is 4.82. The molecule has 1 saturated heterocycles. The van der Waals surface area contributed by atoms with E-state index in [0.29, 0.717) is 5.65 Å². The van der Waals surface area contributed by atoms with Gasteiger partial charge in [0, 0.05) is 42.6 Å². The van der Waals surface area contributed by atoms with E-state index in [0.717, 1.165) is 48.5 Å². The van der Waals surface area contributed by atoms with E-state index in [9.17, 15) is 4.39 Å². The molecule has 0 spiro atoms. The molecule has 0 saturated carbocycles. The van der Waals surface area contributed by atoms with Crippen molar-refractivity contribution >= 4 is 27.9 Å². The highest BCUT2D eigenvalue weighted by molar-refractivity contribution is 5.99. The van der Waals surface area contributed by atoms with Crippen molar-refractivity contribution in [2.24, 2.45) is 0 Å². The maximum atomic E-state index is 13.1. The predicted octanol–water partition coefficient (Wildman–Crippen LogP) is 2.14. The van der Waals surface area contributed by atoms with Gasteiger partial charge in [0.05, 0.1) is 0 Å². The molecule has 0 atom stereocenters. The second kappa shape index (κ2) is 5.91. The molecule has 0 aliphatic carbocycles. The SMILES string of the molecule is Fc1ccc(N2CCN(c3nn4nnnc4c4ccccc34)CC2)cc1. The van der Waals surface area contributed by atoms with Crippen LogP contribution in [0.3, 0.4) is 0 Å². The zero-order valence-corrected chi connectivity index (χ0v) is 14.0. The Hall–Kier alpha value is -3.29. The quantitative estimate of drug-likeness (QED) is 0.553. The number of rotatable bonds is 2. The third-order valence-corrected chi connectivity index (χ3v) is 4.82.